The molecule has 2 aliphatic rings. The Morgan fingerprint density at radius 3 is 2.91 bits per heavy atom. The Morgan fingerprint density at radius 1 is 1.41 bits per heavy atom. The van der Waals surface area contributed by atoms with Crippen molar-refractivity contribution in [2.75, 3.05) is 13.7 Å². The van der Waals surface area contributed by atoms with Crippen molar-refractivity contribution in [2.24, 2.45) is 0 Å². The number of aromatic nitrogens is 2. The lowest BCUT2D eigenvalue weighted by Gasteiger charge is -2.46. The van der Waals surface area contributed by atoms with Crippen molar-refractivity contribution >= 4 is 5.91 Å². The fourth-order valence-electron chi connectivity index (χ4n) is 3.78. The van der Waals surface area contributed by atoms with Crippen molar-refractivity contribution in [1.29, 1.82) is 0 Å². The summed E-state index contributed by atoms with van der Waals surface area (Å²) in [7, 11) is 1.57. The first-order valence-corrected chi connectivity index (χ1v) is 8.01. The second kappa shape index (κ2) is 6.20. The number of amides is 1. The second-order valence-electron chi connectivity index (χ2n) is 6.53. The molecule has 120 valence electrons. The summed E-state index contributed by atoms with van der Waals surface area (Å²) in [6, 6.07) is 0.782. The Hall–Kier alpha value is -1.69. The number of hydrogen-bond donors (Lipinski definition) is 1. The predicted molar refractivity (Wildman–Crippen MR) is 82.4 cm³/mol. The van der Waals surface area contributed by atoms with Crippen LogP contribution < -0.4 is 10.1 Å². The number of piperidine rings is 1. The van der Waals surface area contributed by atoms with Gasteiger partial charge in [0, 0.05) is 37.0 Å². The van der Waals surface area contributed by atoms with Crippen molar-refractivity contribution in [3.05, 3.63) is 18.0 Å². The van der Waals surface area contributed by atoms with Crippen molar-refractivity contribution in [3.8, 4) is 6.01 Å². The van der Waals surface area contributed by atoms with Gasteiger partial charge in [-0.25, -0.2) is 9.97 Å². The summed E-state index contributed by atoms with van der Waals surface area (Å²) in [6.07, 6.45) is 8.58. The summed E-state index contributed by atoms with van der Waals surface area (Å²) >= 11 is 0. The molecule has 1 N–H and O–H groups in total. The summed E-state index contributed by atoms with van der Waals surface area (Å²) in [5.74, 6) is 0.188. The maximum Gasteiger partial charge on any atom is 0.316 e. The lowest BCUT2D eigenvalue weighted by molar-refractivity contribution is -0.127. The monoisotopic (exact) mass is 304 g/mol. The number of carbonyl (C=O) groups excluding carboxylic acids is 1. The predicted octanol–water partition coefficient (Wildman–Crippen LogP) is 1.51. The molecule has 6 nitrogen and oxygen atoms in total. The average molecular weight is 304 g/mol. The molecule has 1 aromatic heterocycles. The summed E-state index contributed by atoms with van der Waals surface area (Å²) < 4.78 is 5.01. The van der Waals surface area contributed by atoms with Gasteiger partial charge in [0.2, 0.25) is 5.91 Å². The van der Waals surface area contributed by atoms with Crippen LogP contribution in [-0.2, 0) is 11.3 Å². The molecule has 0 spiro atoms. The molecule has 1 aromatic rings. The van der Waals surface area contributed by atoms with Gasteiger partial charge in [0.05, 0.1) is 12.6 Å². The van der Waals surface area contributed by atoms with Crippen LogP contribution in [0.4, 0.5) is 0 Å². The first-order chi connectivity index (χ1) is 10.6. The molecule has 6 heteroatoms. The van der Waals surface area contributed by atoms with Crippen molar-refractivity contribution in [1.82, 2.24) is 20.2 Å². The van der Waals surface area contributed by atoms with Crippen molar-refractivity contribution in [3.63, 3.8) is 0 Å². The van der Waals surface area contributed by atoms with Crippen LogP contribution in [-0.4, -0.2) is 46.0 Å². The highest BCUT2D eigenvalue weighted by molar-refractivity contribution is 5.78. The molecule has 0 aromatic carbocycles. The number of methoxy groups -OCH3 is 1. The molecule has 1 amide bonds. The Balaban J connectivity index is 1.77. The lowest BCUT2D eigenvalue weighted by atomic mass is 9.81. The zero-order chi connectivity index (χ0) is 15.6. The van der Waals surface area contributed by atoms with Gasteiger partial charge in [-0.05, 0) is 39.2 Å². The zero-order valence-electron chi connectivity index (χ0n) is 13.3. The summed E-state index contributed by atoms with van der Waals surface area (Å²) in [6.45, 7) is 4.07. The van der Waals surface area contributed by atoms with E-state index in [1.54, 1.807) is 7.11 Å². The Bertz CT molecular complexity index is 533. The highest BCUT2D eigenvalue weighted by atomic mass is 16.5. The first-order valence-electron chi connectivity index (χ1n) is 8.01. The minimum atomic E-state index is -0.112. The Labute approximate surface area is 131 Å². The quantitative estimate of drug-likeness (QED) is 0.917. The van der Waals surface area contributed by atoms with Crippen LogP contribution in [0, 0.1) is 0 Å². The molecule has 2 fully saturated rings. The smallest absolute Gasteiger partial charge is 0.316 e. The van der Waals surface area contributed by atoms with Crippen molar-refractivity contribution < 1.29 is 9.53 Å². The number of hydrogen-bond acceptors (Lipinski definition) is 5. The van der Waals surface area contributed by atoms with Gasteiger partial charge in [0.15, 0.2) is 0 Å². The topological polar surface area (TPSA) is 67.3 Å². The number of nitrogens with zero attached hydrogens (tertiary/aromatic N) is 3. The number of nitrogens with one attached hydrogen (secondary N) is 1. The number of carbonyl (C=O) groups is 1. The number of likely N-dealkylation sites (tertiary alicyclic amines) is 1. The van der Waals surface area contributed by atoms with E-state index in [0.717, 1.165) is 37.9 Å². The van der Waals surface area contributed by atoms with E-state index in [2.05, 4.69) is 27.1 Å². The zero-order valence-corrected chi connectivity index (χ0v) is 13.3. The van der Waals surface area contributed by atoms with Gasteiger partial charge in [0.1, 0.15) is 0 Å². The number of rotatable bonds is 3. The van der Waals surface area contributed by atoms with E-state index >= 15 is 0 Å². The lowest BCUT2D eigenvalue weighted by Crippen LogP contribution is -2.62. The van der Waals surface area contributed by atoms with Crippen LogP contribution >= 0.6 is 0 Å². The fourth-order valence-corrected chi connectivity index (χ4v) is 3.78. The van der Waals surface area contributed by atoms with Gasteiger partial charge in [0.25, 0.3) is 0 Å². The van der Waals surface area contributed by atoms with Gasteiger partial charge in [-0.1, -0.05) is 0 Å². The van der Waals surface area contributed by atoms with E-state index in [1.165, 1.54) is 6.42 Å². The van der Waals surface area contributed by atoms with E-state index in [0.29, 0.717) is 18.5 Å². The van der Waals surface area contributed by atoms with Crippen LogP contribution in [0.3, 0.4) is 0 Å². The van der Waals surface area contributed by atoms with Crippen LogP contribution in [0.2, 0.25) is 0 Å². The van der Waals surface area contributed by atoms with E-state index in [9.17, 15) is 4.79 Å². The Kier molecular flexibility index (Phi) is 4.29. The largest absolute Gasteiger partial charge is 0.467 e. The normalized spacial score (nSPS) is 29.4. The molecule has 3 rings (SSSR count). The third kappa shape index (κ3) is 3.06. The molecule has 0 bridgehead atoms. The van der Waals surface area contributed by atoms with Crippen LogP contribution in [0.15, 0.2) is 12.4 Å². The first kappa shape index (κ1) is 15.2. The third-order valence-corrected chi connectivity index (χ3v) is 4.89. The van der Waals surface area contributed by atoms with Crippen LogP contribution in [0.25, 0.3) is 0 Å². The van der Waals surface area contributed by atoms with E-state index in [4.69, 9.17) is 4.74 Å². The number of ether oxygens (including phenoxy) is 1. The molecule has 2 saturated heterocycles. The number of fused-ring (bicyclic) bond motifs is 1. The Morgan fingerprint density at radius 2 is 2.18 bits per heavy atom. The molecule has 0 unspecified atom stereocenters. The van der Waals surface area contributed by atoms with Gasteiger partial charge < -0.3 is 10.1 Å². The van der Waals surface area contributed by atoms with E-state index in [-0.39, 0.29) is 11.4 Å². The van der Waals surface area contributed by atoms with E-state index < -0.39 is 0 Å². The molecule has 3 heterocycles. The summed E-state index contributed by atoms with van der Waals surface area (Å²) in [4.78, 5) is 22.7. The molecule has 0 radical (unpaired) electrons. The van der Waals surface area contributed by atoms with Crippen LogP contribution in [0.5, 0.6) is 6.01 Å². The molecule has 0 aliphatic carbocycles. The molecule has 2 aliphatic heterocycles. The van der Waals surface area contributed by atoms with E-state index in [1.807, 2.05) is 12.4 Å². The maximum atomic E-state index is 11.8. The molecule has 22 heavy (non-hydrogen) atoms. The summed E-state index contributed by atoms with van der Waals surface area (Å²) in [5.41, 5.74) is 0.973. The molecule has 2 atom stereocenters. The standard InChI is InChI=1S/C16H24N4O2/c1-16-7-3-4-8-20(13(16)5-6-14(21)19-16)11-12-9-17-15(22-2)18-10-12/h9-10,13H,3-8,11H2,1-2H3,(H,19,21)/t13-,16-/m0/s1. The van der Waals surface area contributed by atoms with Crippen molar-refractivity contribution in [2.45, 2.75) is 57.2 Å². The fraction of sp³-hybridized carbons (Fsp3) is 0.688. The highest BCUT2D eigenvalue weighted by Gasteiger charge is 2.43. The van der Waals surface area contributed by atoms with Gasteiger partial charge in [-0.3, -0.25) is 9.69 Å². The second-order valence-corrected chi connectivity index (χ2v) is 6.53. The summed E-state index contributed by atoms with van der Waals surface area (Å²) in [5, 5.41) is 3.24. The van der Waals surface area contributed by atoms with Gasteiger partial charge >= 0.3 is 6.01 Å². The minimum Gasteiger partial charge on any atom is -0.467 e. The highest BCUT2D eigenvalue weighted by Crippen LogP contribution is 2.33. The third-order valence-electron chi connectivity index (χ3n) is 4.89. The minimum absolute atomic E-state index is 0.112. The molecule has 0 saturated carbocycles. The van der Waals surface area contributed by atoms with Crippen LogP contribution in [0.1, 0.15) is 44.6 Å². The maximum absolute atomic E-state index is 11.8. The van der Waals surface area contributed by atoms with Gasteiger partial charge in [-0.15, -0.1) is 0 Å². The SMILES string of the molecule is COc1ncc(CN2CCCC[C@]3(C)NC(=O)CC[C@H]23)cn1. The molecular formula is C16H24N4O2. The average Bonchev–Trinajstić information content (AvgIpc) is 2.66. The van der Waals surface area contributed by atoms with Gasteiger partial charge in [-0.2, -0.15) is 0 Å². The molecular weight excluding hydrogens is 280 g/mol.